The van der Waals surface area contributed by atoms with Crippen molar-refractivity contribution in [1.82, 2.24) is 5.32 Å². The summed E-state index contributed by atoms with van der Waals surface area (Å²) in [6.45, 7) is 2.19. The predicted octanol–water partition coefficient (Wildman–Crippen LogP) is 2.42. The molecule has 110 valence electrons. The van der Waals surface area contributed by atoms with E-state index in [-0.39, 0.29) is 6.10 Å². The third-order valence-electron chi connectivity index (χ3n) is 3.83. The molecule has 1 aliphatic rings. The fourth-order valence-electron chi connectivity index (χ4n) is 2.68. The Balaban J connectivity index is 1.63. The molecule has 4 heteroatoms. The lowest BCUT2D eigenvalue weighted by Gasteiger charge is -2.11. The van der Waals surface area contributed by atoms with Crippen molar-refractivity contribution >= 4 is 16.7 Å². The van der Waals surface area contributed by atoms with Crippen LogP contribution in [-0.4, -0.2) is 25.2 Å². The van der Waals surface area contributed by atoms with E-state index in [0.29, 0.717) is 12.5 Å². The highest BCUT2D eigenvalue weighted by molar-refractivity contribution is 5.86. The van der Waals surface area contributed by atoms with Crippen molar-refractivity contribution in [2.45, 2.75) is 25.5 Å². The van der Waals surface area contributed by atoms with E-state index >= 15 is 0 Å². The summed E-state index contributed by atoms with van der Waals surface area (Å²) >= 11 is 0. The molecular weight excluding hydrogens is 262 g/mol. The highest BCUT2D eigenvalue weighted by atomic mass is 16.5. The number of aliphatic imine (C=N–C) groups is 1. The average molecular weight is 283 g/mol. The SMILES string of the molecule is NC(=NCc1cccc2ccccc12)NCC1CCCO1. The third kappa shape index (κ3) is 3.52. The van der Waals surface area contributed by atoms with Gasteiger partial charge in [0.15, 0.2) is 5.96 Å². The maximum atomic E-state index is 5.93. The number of hydrogen-bond donors (Lipinski definition) is 2. The monoisotopic (exact) mass is 283 g/mol. The number of nitrogens with one attached hydrogen (secondary N) is 1. The lowest BCUT2D eigenvalue weighted by Crippen LogP contribution is -2.37. The van der Waals surface area contributed by atoms with Crippen molar-refractivity contribution in [3.8, 4) is 0 Å². The van der Waals surface area contributed by atoms with Crippen molar-refractivity contribution < 1.29 is 4.74 Å². The summed E-state index contributed by atoms with van der Waals surface area (Å²) in [5.41, 5.74) is 7.12. The first-order valence-electron chi connectivity index (χ1n) is 7.45. The number of guanidine groups is 1. The number of hydrogen-bond acceptors (Lipinski definition) is 2. The maximum absolute atomic E-state index is 5.93. The summed E-state index contributed by atoms with van der Waals surface area (Å²) in [6.07, 6.45) is 2.51. The van der Waals surface area contributed by atoms with Gasteiger partial charge >= 0.3 is 0 Å². The van der Waals surface area contributed by atoms with Gasteiger partial charge in [-0.15, -0.1) is 0 Å². The fourth-order valence-corrected chi connectivity index (χ4v) is 2.68. The van der Waals surface area contributed by atoms with Crippen molar-refractivity contribution in [1.29, 1.82) is 0 Å². The van der Waals surface area contributed by atoms with Crippen LogP contribution in [0, 0.1) is 0 Å². The van der Waals surface area contributed by atoms with Crippen LogP contribution in [0.15, 0.2) is 47.5 Å². The minimum atomic E-state index is 0.274. The molecule has 1 aliphatic heterocycles. The van der Waals surface area contributed by atoms with Crippen LogP contribution in [-0.2, 0) is 11.3 Å². The van der Waals surface area contributed by atoms with Gasteiger partial charge in [0.1, 0.15) is 0 Å². The lowest BCUT2D eigenvalue weighted by atomic mass is 10.1. The zero-order valence-corrected chi connectivity index (χ0v) is 12.1. The lowest BCUT2D eigenvalue weighted by molar-refractivity contribution is 0.114. The van der Waals surface area contributed by atoms with Gasteiger partial charge in [-0.25, -0.2) is 4.99 Å². The largest absolute Gasteiger partial charge is 0.376 e. The first-order chi connectivity index (χ1) is 10.3. The van der Waals surface area contributed by atoms with Crippen LogP contribution >= 0.6 is 0 Å². The van der Waals surface area contributed by atoms with Gasteiger partial charge in [0.25, 0.3) is 0 Å². The Morgan fingerprint density at radius 1 is 1.24 bits per heavy atom. The maximum Gasteiger partial charge on any atom is 0.189 e. The van der Waals surface area contributed by atoms with E-state index in [9.17, 15) is 0 Å². The van der Waals surface area contributed by atoms with Gasteiger partial charge in [0, 0.05) is 13.2 Å². The van der Waals surface area contributed by atoms with Crippen LogP contribution < -0.4 is 11.1 Å². The molecule has 0 saturated carbocycles. The zero-order valence-electron chi connectivity index (χ0n) is 12.1. The number of ether oxygens (including phenoxy) is 1. The van der Waals surface area contributed by atoms with E-state index in [2.05, 4.69) is 46.7 Å². The Morgan fingerprint density at radius 2 is 2.10 bits per heavy atom. The summed E-state index contributed by atoms with van der Waals surface area (Å²) in [4.78, 5) is 4.43. The summed E-state index contributed by atoms with van der Waals surface area (Å²) < 4.78 is 5.55. The molecule has 2 aromatic carbocycles. The van der Waals surface area contributed by atoms with Crippen LogP contribution in [0.25, 0.3) is 10.8 Å². The molecule has 0 aromatic heterocycles. The summed E-state index contributed by atoms with van der Waals surface area (Å²) in [7, 11) is 0. The second-order valence-electron chi connectivity index (χ2n) is 5.36. The van der Waals surface area contributed by atoms with Crippen LogP contribution in [0.3, 0.4) is 0 Å². The van der Waals surface area contributed by atoms with E-state index in [1.165, 1.54) is 16.3 Å². The van der Waals surface area contributed by atoms with Crippen molar-refractivity contribution in [3.63, 3.8) is 0 Å². The molecular formula is C17H21N3O. The quantitative estimate of drug-likeness (QED) is 0.669. The van der Waals surface area contributed by atoms with Crippen molar-refractivity contribution in [2.75, 3.05) is 13.2 Å². The molecule has 3 N–H and O–H groups in total. The van der Waals surface area contributed by atoms with E-state index in [0.717, 1.165) is 26.0 Å². The Kier molecular flexibility index (Phi) is 4.36. The minimum absolute atomic E-state index is 0.274. The van der Waals surface area contributed by atoms with E-state index in [1.54, 1.807) is 0 Å². The Morgan fingerprint density at radius 3 is 2.95 bits per heavy atom. The van der Waals surface area contributed by atoms with Gasteiger partial charge in [0.05, 0.1) is 12.6 Å². The molecule has 1 unspecified atom stereocenters. The summed E-state index contributed by atoms with van der Waals surface area (Å²) in [5, 5.41) is 5.61. The standard InChI is InChI=1S/C17H21N3O/c18-17(20-12-15-8-4-10-21-15)19-11-14-7-3-6-13-5-1-2-9-16(13)14/h1-3,5-7,9,15H,4,8,10-12H2,(H3,18,19,20). The van der Waals surface area contributed by atoms with Crippen molar-refractivity contribution in [3.05, 3.63) is 48.0 Å². The fraction of sp³-hybridized carbons (Fsp3) is 0.353. The summed E-state index contributed by atoms with van der Waals surface area (Å²) in [6, 6.07) is 14.6. The molecule has 1 atom stereocenters. The van der Waals surface area contributed by atoms with Crippen LogP contribution in [0.2, 0.25) is 0 Å². The molecule has 0 amide bonds. The molecule has 1 heterocycles. The number of nitrogens with zero attached hydrogens (tertiary/aromatic N) is 1. The smallest absolute Gasteiger partial charge is 0.189 e. The number of fused-ring (bicyclic) bond motifs is 1. The van der Waals surface area contributed by atoms with E-state index < -0.39 is 0 Å². The second kappa shape index (κ2) is 6.59. The highest BCUT2D eigenvalue weighted by Crippen LogP contribution is 2.19. The molecule has 2 aromatic rings. The number of rotatable bonds is 4. The average Bonchev–Trinajstić information content (AvgIpc) is 3.04. The topological polar surface area (TPSA) is 59.6 Å². The molecule has 0 bridgehead atoms. The van der Waals surface area contributed by atoms with Gasteiger partial charge in [-0.3, -0.25) is 0 Å². The second-order valence-corrected chi connectivity index (χ2v) is 5.36. The van der Waals surface area contributed by atoms with Crippen molar-refractivity contribution in [2.24, 2.45) is 10.7 Å². The Bertz CT molecular complexity index is 627. The van der Waals surface area contributed by atoms with Gasteiger partial charge in [-0.2, -0.15) is 0 Å². The third-order valence-corrected chi connectivity index (χ3v) is 3.83. The van der Waals surface area contributed by atoms with Gasteiger partial charge in [-0.1, -0.05) is 42.5 Å². The predicted molar refractivity (Wildman–Crippen MR) is 86.3 cm³/mol. The molecule has 0 spiro atoms. The number of benzene rings is 2. The molecule has 0 aliphatic carbocycles. The Labute approximate surface area is 125 Å². The van der Waals surface area contributed by atoms with Gasteiger partial charge < -0.3 is 15.8 Å². The first kappa shape index (κ1) is 13.9. The molecule has 0 radical (unpaired) electrons. The van der Waals surface area contributed by atoms with E-state index in [4.69, 9.17) is 10.5 Å². The van der Waals surface area contributed by atoms with Gasteiger partial charge in [0.2, 0.25) is 0 Å². The van der Waals surface area contributed by atoms with E-state index in [1.807, 2.05) is 6.07 Å². The van der Waals surface area contributed by atoms with Crippen LogP contribution in [0.1, 0.15) is 18.4 Å². The number of nitrogens with two attached hydrogens (primary N) is 1. The first-order valence-corrected chi connectivity index (χ1v) is 7.45. The molecule has 21 heavy (non-hydrogen) atoms. The molecule has 3 rings (SSSR count). The molecule has 4 nitrogen and oxygen atoms in total. The van der Waals surface area contributed by atoms with Gasteiger partial charge in [-0.05, 0) is 29.2 Å². The Hall–Kier alpha value is -2.07. The normalized spacial score (nSPS) is 19.0. The molecule has 1 fully saturated rings. The molecule has 1 saturated heterocycles. The van der Waals surface area contributed by atoms with Crippen LogP contribution in [0.5, 0.6) is 0 Å². The van der Waals surface area contributed by atoms with Crippen LogP contribution in [0.4, 0.5) is 0 Å². The minimum Gasteiger partial charge on any atom is -0.376 e. The summed E-state index contributed by atoms with van der Waals surface area (Å²) in [5.74, 6) is 0.485. The zero-order chi connectivity index (χ0) is 14.5. The highest BCUT2D eigenvalue weighted by Gasteiger charge is 2.14.